The average molecular weight is 339 g/mol. The molecule has 2 amide bonds. The van der Waals surface area contributed by atoms with Crippen LogP contribution in [0.2, 0.25) is 0 Å². The van der Waals surface area contributed by atoms with E-state index in [1.807, 2.05) is 44.2 Å². The van der Waals surface area contributed by atoms with E-state index in [4.69, 9.17) is 0 Å². The second-order valence-corrected chi connectivity index (χ2v) is 6.45. The predicted octanol–water partition coefficient (Wildman–Crippen LogP) is 3.41. The van der Waals surface area contributed by atoms with Crippen LogP contribution in [0.4, 0.5) is 16.3 Å². The number of aryl methyl sites for hydroxylation is 2. The number of piperidine rings is 1. The summed E-state index contributed by atoms with van der Waals surface area (Å²) >= 11 is 0. The van der Waals surface area contributed by atoms with Crippen molar-refractivity contribution in [2.24, 2.45) is 0 Å². The predicted molar refractivity (Wildman–Crippen MR) is 99.9 cm³/mol. The zero-order valence-corrected chi connectivity index (χ0v) is 14.9. The van der Waals surface area contributed by atoms with Crippen molar-refractivity contribution in [2.75, 3.05) is 23.3 Å². The lowest BCUT2D eigenvalue weighted by Gasteiger charge is -2.28. The molecule has 0 unspecified atom stereocenters. The highest BCUT2D eigenvalue weighted by Crippen LogP contribution is 2.18. The molecule has 132 valence electrons. The number of aromatic nitrogens is 2. The number of hydrogen-bond acceptors (Lipinski definition) is 4. The summed E-state index contributed by atoms with van der Waals surface area (Å²) in [5.74, 6) is 1.60. The number of rotatable bonds is 4. The van der Waals surface area contributed by atoms with E-state index in [1.54, 1.807) is 0 Å². The van der Waals surface area contributed by atoms with Gasteiger partial charge in [0, 0.05) is 30.5 Å². The van der Waals surface area contributed by atoms with E-state index in [-0.39, 0.29) is 6.03 Å². The molecule has 1 aliphatic heterocycles. The topological polar surface area (TPSA) is 70.2 Å². The van der Waals surface area contributed by atoms with E-state index in [2.05, 4.69) is 25.5 Å². The highest BCUT2D eigenvalue weighted by atomic mass is 16.2. The van der Waals surface area contributed by atoms with Gasteiger partial charge in [-0.3, -0.25) is 0 Å². The molecule has 1 aromatic heterocycles. The lowest BCUT2D eigenvalue weighted by molar-refractivity contribution is 0.251. The van der Waals surface area contributed by atoms with Gasteiger partial charge in [-0.05, 0) is 44.7 Å². The zero-order chi connectivity index (χ0) is 17.6. The smallest absolute Gasteiger partial charge is 0.319 e. The fourth-order valence-electron chi connectivity index (χ4n) is 3.02. The summed E-state index contributed by atoms with van der Waals surface area (Å²) in [5, 5.41) is 5.70. The lowest BCUT2D eigenvalue weighted by atomic mass is 10.1. The van der Waals surface area contributed by atoms with Crippen LogP contribution in [0, 0.1) is 13.8 Å². The molecule has 0 saturated carbocycles. The Morgan fingerprint density at radius 1 is 1.12 bits per heavy atom. The van der Waals surface area contributed by atoms with Crippen LogP contribution < -0.4 is 15.5 Å². The van der Waals surface area contributed by atoms with Crippen LogP contribution in [-0.4, -0.2) is 29.1 Å². The van der Waals surface area contributed by atoms with Gasteiger partial charge in [0.25, 0.3) is 0 Å². The van der Waals surface area contributed by atoms with Gasteiger partial charge in [-0.2, -0.15) is 0 Å². The fourth-order valence-corrected chi connectivity index (χ4v) is 3.02. The number of nitrogens with zero attached hydrogens (tertiary/aromatic N) is 3. The lowest BCUT2D eigenvalue weighted by Crippen LogP contribution is -2.32. The molecule has 1 fully saturated rings. The summed E-state index contributed by atoms with van der Waals surface area (Å²) in [6, 6.07) is 9.45. The molecule has 6 nitrogen and oxygen atoms in total. The van der Waals surface area contributed by atoms with E-state index < -0.39 is 0 Å². The molecular formula is C19H25N5O. The number of amides is 2. The van der Waals surface area contributed by atoms with Crippen molar-refractivity contribution < 1.29 is 4.79 Å². The van der Waals surface area contributed by atoms with Crippen LogP contribution in [0.5, 0.6) is 0 Å². The molecular weight excluding hydrogens is 314 g/mol. The first-order chi connectivity index (χ1) is 12.1. The molecule has 1 aliphatic rings. The second-order valence-electron chi connectivity index (χ2n) is 6.45. The van der Waals surface area contributed by atoms with Crippen LogP contribution in [0.3, 0.4) is 0 Å². The third kappa shape index (κ3) is 4.68. The van der Waals surface area contributed by atoms with Gasteiger partial charge in [0.15, 0.2) is 0 Å². The van der Waals surface area contributed by atoms with Crippen LogP contribution in [0.15, 0.2) is 30.3 Å². The maximum absolute atomic E-state index is 12.1. The summed E-state index contributed by atoms with van der Waals surface area (Å²) in [6.45, 7) is 6.31. The van der Waals surface area contributed by atoms with Gasteiger partial charge in [-0.1, -0.05) is 18.2 Å². The van der Waals surface area contributed by atoms with Gasteiger partial charge in [-0.25, -0.2) is 14.8 Å². The second kappa shape index (κ2) is 7.96. The van der Waals surface area contributed by atoms with E-state index >= 15 is 0 Å². The Hall–Kier alpha value is -2.63. The first-order valence-corrected chi connectivity index (χ1v) is 8.82. The first-order valence-electron chi connectivity index (χ1n) is 8.82. The first kappa shape index (κ1) is 17.2. The molecule has 2 N–H and O–H groups in total. The molecule has 3 rings (SSSR count). The van der Waals surface area contributed by atoms with Crippen molar-refractivity contribution in [3.05, 3.63) is 47.4 Å². The molecule has 2 aromatic rings. The third-order valence-corrected chi connectivity index (χ3v) is 4.37. The number of carbonyl (C=O) groups is 1. The summed E-state index contributed by atoms with van der Waals surface area (Å²) in [7, 11) is 0. The Balaban J connectivity index is 1.61. The number of nitrogens with one attached hydrogen (secondary N) is 2. The van der Waals surface area contributed by atoms with Crippen molar-refractivity contribution in [3.8, 4) is 0 Å². The summed E-state index contributed by atoms with van der Waals surface area (Å²) in [4.78, 5) is 23.5. The minimum absolute atomic E-state index is 0.251. The molecule has 0 radical (unpaired) electrons. The fraction of sp³-hybridized carbons (Fsp3) is 0.421. The molecule has 6 heteroatoms. The SMILES string of the molecule is Cc1cc(N2CCCCC2)nc(CNC(=O)Nc2ccccc2C)n1. The summed E-state index contributed by atoms with van der Waals surface area (Å²) in [6.07, 6.45) is 3.69. The Bertz CT molecular complexity index is 740. The third-order valence-electron chi connectivity index (χ3n) is 4.37. The van der Waals surface area contributed by atoms with Gasteiger partial charge in [0.2, 0.25) is 0 Å². The maximum atomic E-state index is 12.1. The Morgan fingerprint density at radius 3 is 2.64 bits per heavy atom. The molecule has 1 saturated heterocycles. The standard InChI is InChI=1S/C19H25N5O/c1-14-8-4-5-9-16(14)22-19(25)20-13-17-21-15(2)12-18(23-17)24-10-6-3-7-11-24/h4-5,8-9,12H,3,6-7,10-11,13H2,1-2H3,(H2,20,22,25). The number of urea groups is 1. The molecule has 0 atom stereocenters. The number of benzene rings is 1. The number of anilines is 2. The zero-order valence-electron chi connectivity index (χ0n) is 14.9. The van der Waals surface area contributed by atoms with Gasteiger partial charge >= 0.3 is 6.03 Å². The maximum Gasteiger partial charge on any atom is 0.319 e. The van der Waals surface area contributed by atoms with Crippen LogP contribution in [0.25, 0.3) is 0 Å². The van der Waals surface area contributed by atoms with Gasteiger partial charge in [0.1, 0.15) is 11.6 Å². The van der Waals surface area contributed by atoms with Crippen molar-refractivity contribution in [3.63, 3.8) is 0 Å². The Kier molecular flexibility index (Phi) is 5.48. The highest BCUT2D eigenvalue weighted by Gasteiger charge is 2.14. The van der Waals surface area contributed by atoms with E-state index in [0.29, 0.717) is 12.4 Å². The van der Waals surface area contributed by atoms with Crippen molar-refractivity contribution in [1.29, 1.82) is 0 Å². The Morgan fingerprint density at radius 2 is 1.88 bits per heavy atom. The van der Waals surface area contributed by atoms with Crippen LogP contribution in [0.1, 0.15) is 36.3 Å². The average Bonchev–Trinajstić information content (AvgIpc) is 2.62. The van der Waals surface area contributed by atoms with Crippen molar-refractivity contribution in [2.45, 2.75) is 39.7 Å². The monoisotopic (exact) mass is 339 g/mol. The molecule has 1 aromatic carbocycles. The number of hydrogen-bond donors (Lipinski definition) is 2. The minimum atomic E-state index is -0.251. The van der Waals surface area contributed by atoms with Crippen LogP contribution >= 0.6 is 0 Å². The quantitative estimate of drug-likeness (QED) is 0.895. The van der Waals surface area contributed by atoms with Crippen LogP contribution in [-0.2, 0) is 6.54 Å². The van der Waals surface area contributed by atoms with Gasteiger partial charge in [-0.15, -0.1) is 0 Å². The molecule has 0 bridgehead atoms. The van der Waals surface area contributed by atoms with E-state index in [1.165, 1.54) is 19.3 Å². The van der Waals surface area contributed by atoms with Gasteiger partial charge < -0.3 is 15.5 Å². The van der Waals surface area contributed by atoms with E-state index in [9.17, 15) is 4.79 Å². The number of para-hydroxylation sites is 1. The molecule has 25 heavy (non-hydrogen) atoms. The van der Waals surface area contributed by atoms with E-state index in [0.717, 1.165) is 35.9 Å². The number of carbonyl (C=O) groups excluding carboxylic acids is 1. The molecule has 2 heterocycles. The van der Waals surface area contributed by atoms with Crippen molar-refractivity contribution >= 4 is 17.5 Å². The summed E-state index contributed by atoms with van der Waals surface area (Å²) in [5.41, 5.74) is 2.75. The van der Waals surface area contributed by atoms with Crippen molar-refractivity contribution in [1.82, 2.24) is 15.3 Å². The molecule has 0 aliphatic carbocycles. The summed E-state index contributed by atoms with van der Waals surface area (Å²) < 4.78 is 0. The molecule has 0 spiro atoms. The normalized spacial score (nSPS) is 14.2. The largest absolute Gasteiger partial charge is 0.357 e. The Labute approximate surface area is 148 Å². The highest BCUT2D eigenvalue weighted by molar-refractivity contribution is 5.89. The minimum Gasteiger partial charge on any atom is -0.357 e. The van der Waals surface area contributed by atoms with Gasteiger partial charge in [0.05, 0.1) is 6.54 Å².